The van der Waals surface area contributed by atoms with Gasteiger partial charge in [-0.3, -0.25) is 4.79 Å². The highest BCUT2D eigenvalue weighted by atomic mass is 16.5. The molecule has 4 aromatic carbocycles. The highest BCUT2D eigenvalue weighted by molar-refractivity contribution is 6.32. The third kappa shape index (κ3) is 5.02. The van der Waals surface area contributed by atoms with Crippen LogP contribution in [0.3, 0.4) is 0 Å². The Bertz CT molecular complexity index is 1540. The zero-order valence-electron chi connectivity index (χ0n) is 21.0. The first-order valence-electron chi connectivity index (χ1n) is 12.2. The Labute approximate surface area is 217 Å². The number of fused-ring (bicyclic) bond motifs is 1. The summed E-state index contributed by atoms with van der Waals surface area (Å²) in [6.45, 7) is 6.16. The average molecular weight is 489 g/mol. The number of anilines is 1. The van der Waals surface area contributed by atoms with Gasteiger partial charge in [0.2, 0.25) is 0 Å². The molecule has 0 fully saturated rings. The Balaban J connectivity index is 1.44. The van der Waals surface area contributed by atoms with E-state index >= 15 is 0 Å². The lowest BCUT2D eigenvalue weighted by Crippen LogP contribution is -2.21. The monoisotopic (exact) mass is 488 g/mol. The number of carbonyl (C=O) groups is 1. The van der Waals surface area contributed by atoms with E-state index in [0.29, 0.717) is 35.8 Å². The summed E-state index contributed by atoms with van der Waals surface area (Å²) in [4.78, 5) is 13.2. The summed E-state index contributed by atoms with van der Waals surface area (Å²) in [5, 5.41) is 8.28. The minimum atomic E-state index is -0.162. The predicted molar refractivity (Wildman–Crippen MR) is 150 cm³/mol. The second kappa shape index (κ2) is 10.5. The number of hydrogen-bond donors (Lipinski definition) is 0. The predicted octanol–water partition coefficient (Wildman–Crippen LogP) is 6.96. The first kappa shape index (κ1) is 24.1. The normalized spacial score (nSPS) is 14.2. The Hall–Kier alpha value is -4.64. The molecule has 1 heterocycles. The summed E-state index contributed by atoms with van der Waals surface area (Å²) >= 11 is 0. The van der Waals surface area contributed by atoms with Gasteiger partial charge in [-0.2, -0.15) is 10.1 Å². The topological polar surface area (TPSA) is 51.1 Å². The maximum absolute atomic E-state index is 13.2. The number of hydrazone groups is 1. The zero-order chi connectivity index (χ0) is 25.8. The average Bonchev–Trinajstić information content (AvgIpc) is 3.21. The Kier molecular flexibility index (Phi) is 6.86. The van der Waals surface area contributed by atoms with E-state index < -0.39 is 0 Å². The van der Waals surface area contributed by atoms with Gasteiger partial charge in [-0.05, 0) is 71.7 Å². The van der Waals surface area contributed by atoms with Gasteiger partial charge in [-0.15, -0.1) is 6.58 Å². The van der Waals surface area contributed by atoms with Crippen LogP contribution < -0.4 is 14.5 Å². The van der Waals surface area contributed by atoms with Crippen LogP contribution in [-0.4, -0.2) is 18.7 Å². The fourth-order valence-electron chi connectivity index (χ4n) is 4.47. The van der Waals surface area contributed by atoms with E-state index in [4.69, 9.17) is 9.47 Å². The first-order chi connectivity index (χ1) is 18.1. The fourth-order valence-corrected chi connectivity index (χ4v) is 4.47. The maximum Gasteiger partial charge on any atom is 0.280 e. The van der Waals surface area contributed by atoms with Crippen molar-refractivity contribution in [3.63, 3.8) is 0 Å². The van der Waals surface area contributed by atoms with E-state index in [-0.39, 0.29) is 5.91 Å². The number of ether oxygens (including phenoxy) is 2. The van der Waals surface area contributed by atoms with Crippen molar-refractivity contribution in [2.75, 3.05) is 12.1 Å². The molecule has 0 radical (unpaired) electrons. The maximum atomic E-state index is 13.2. The van der Waals surface area contributed by atoms with Crippen LogP contribution in [0.1, 0.15) is 23.6 Å². The van der Waals surface area contributed by atoms with E-state index in [2.05, 4.69) is 42.0 Å². The molecule has 5 heteroatoms. The molecule has 5 nitrogen and oxygen atoms in total. The van der Waals surface area contributed by atoms with Crippen LogP contribution in [0, 0.1) is 0 Å². The molecule has 37 heavy (non-hydrogen) atoms. The van der Waals surface area contributed by atoms with Crippen molar-refractivity contribution in [1.82, 2.24) is 0 Å². The highest BCUT2D eigenvalue weighted by Gasteiger charge is 2.28. The van der Waals surface area contributed by atoms with Gasteiger partial charge in [0, 0.05) is 5.56 Å². The molecule has 1 amide bonds. The molecule has 1 aliphatic rings. The van der Waals surface area contributed by atoms with Gasteiger partial charge in [0.25, 0.3) is 5.91 Å². The molecule has 4 aromatic rings. The number of allylic oxidation sites excluding steroid dienone is 1. The number of carbonyl (C=O) groups excluding carboxylic acids is 1. The molecule has 0 saturated carbocycles. The fraction of sp³-hybridized carbons (Fsp3) is 0.125. The second-order valence-corrected chi connectivity index (χ2v) is 8.87. The van der Waals surface area contributed by atoms with Gasteiger partial charge in [-0.25, -0.2) is 0 Å². The molecule has 0 unspecified atom stereocenters. The summed E-state index contributed by atoms with van der Waals surface area (Å²) in [5.41, 5.74) is 4.77. The Morgan fingerprint density at radius 2 is 1.70 bits per heavy atom. The van der Waals surface area contributed by atoms with Gasteiger partial charge >= 0.3 is 0 Å². The molecule has 0 aliphatic carbocycles. The van der Waals surface area contributed by atoms with Gasteiger partial charge in [-0.1, -0.05) is 60.7 Å². The Morgan fingerprint density at radius 3 is 2.46 bits per heavy atom. The van der Waals surface area contributed by atoms with E-state index in [0.717, 1.165) is 22.4 Å². The quantitative estimate of drug-likeness (QED) is 0.199. The van der Waals surface area contributed by atoms with Crippen LogP contribution in [0.15, 0.2) is 108 Å². The molecule has 0 atom stereocenters. The molecule has 0 aromatic heterocycles. The van der Waals surface area contributed by atoms with Crippen molar-refractivity contribution in [2.45, 2.75) is 20.0 Å². The minimum Gasteiger partial charge on any atom is -0.493 e. The molecule has 184 valence electrons. The lowest BCUT2D eigenvalue weighted by molar-refractivity contribution is -0.114. The van der Waals surface area contributed by atoms with Crippen LogP contribution >= 0.6 is 0 Å². The summed E-state index contributed by atoms with van der Waals surface area (Å²) in [6.07, 6.45) is 4.28. The van der Waals surface area contributed by atoms with Crippen molar-refractivity contribution in [2.24, 2.45) is 5.10 Å². The molecule has 0 bridgehead atoms. The number of nitrogens with zero attached hydrogens (tertiary/aromatic N) is 2. The van der Waals surface area contributed by atoms with Crippen LogP contribution in [0.4, 0.5) is 5.69 Å². The van der Waals surface area contributed by atoms with Gasteiger partial charge < -0.3 is 9.47 Å². The van der Waals surface area contributed by atoms with Crippen LogP contribution in [-0.2, 0) is 17.8 Å². The number of rotatable bonds is 8. The lowest BCUT2D eigenvalue weighted by atomic mass is 10.0. The zero-order valence-corrected chi connectivity index (χ0v) is 21.0. The molecular formula is C32H28N2O3. The SMILES string of the molecule is C=CCc1cc(/C=C2/C(=O)N(c3ccccc3)N=C2C)cc(OC)c1OCc1ccc2ccccc2c1. The van der Waals surface area contributed by atoms with Crippen molar-refractivity contribution in [3.8, 4) is 11.5 Å². The van der Waals surface area contributed by atoms with Crippen molar-refractivity contribution in [3.05, 3.63) is 120 Å². The van der Waals surface area contributed by atoms with Crippen LogP contribution in [0.2, 0.25) is 0 Å². The number of para-hydroxylation sites is 1. The number of hydrogen-bond acceptors (Lipinski definition) is 4. The molecule has 0 N–H and O–H groups in total. The van der Waals surface area contributed by atoms with Crippen molar-refractivity contribution in [1.29, 1.82) is 0 Å². The van der Waals surface area contributed by atoms with Gasteiger partial charge in [0.05, 0.1) is 24.1 Å². The third-order valence-electron chi connectivity index (χ3n) is 6.31. The van der Waals surface area contributed by atoms with Crippen molar-refractivity contribution < 1.29 is 14.3 Å². The summed E-state index contributed by atoms with van der Waals surface area (Å²) in [5.74, 6) is 1.11. The van der Waals surface area contributed by atoms with Crippen LogP contribution in [0.25, 0.3) is 16.8 Å². The Morgan fingerprint density at radius 1 is 0.946 bits per heavy atom. The minimum absolute atomic E-state index is 0.162. The van der Waals surface area contributed by atoms with Crippen molar-refractivity contribution >= 4 is 34.2 Å². The van der Waals surface area contributed by atoms with Gasteiger partial charge in [0.1, 0.15) is 6.61 Å². The standard InChI is InChI=1S/C32H28N2O3/c1-4-10-27-18-24(19-29-22(2)33-34(32(29)35)28-13-6-5-7-14-28)20-30(36-3)31(27)37-21-23-15-16-25-11-8-9-12-26(25)17-23/h4-9,11-20H,1,10,21H2,2-3H3/b29-19+. The summed E-state index contributed by atoms with van der Waals surface area (Å²) in [7, 11) is 1.62. The molecule has 0 spiro atoms. The molecule has 1 aliphatic heterocycles. The third-order valence-corrected chi connectivity index (χ3v) is 6.31. The van der Waals surface area contributed by atoms with Gasteiger partial charge in [0.15, 0.2) is 11.5 Å². The largest absolute Gasteiger partial charge is 0.493 e. The van der Waals surface area contributed by atoms with E-state index in [1.54, 1.807) is 7.11 Å². The number of amides is 1. The molecule has 0 saturated heterocycles. The lowest BCUT2D eigenvalue weighted by Gasteiger charge is -2.16. The van der Waals surface area contributed by atoms with E-state index in [1.165, 1.54) is 15.8 Å². The number of methoxy groups -OCH3 is 1. The van der Waals surface area contributed by atoms with Crippen LogP contribution in [0.5, 0.6) is 11.5 Å². The summed E-state index contributed by atoms with van der Waals surface area (Å²) in [6, 6.07) is 27.9. The second-order valence-electron chi connectivity index (χ2n) is 8.87. The summed E-state index contributed by atoms with van der Waals surface area (Å²) < 4.78 is 12.0. The molecule has 5 rings (SSSR count). The van der Waals surface area contributed by atoms with E-state index in [9.17, 15) is 4.79 Å². The van der Waals surface area contributed by atoms with E-state index in [1.807, 2.05) is 73.7 Å². The highest BCUT2D eigenvalue weighted by Crippen LogP contribution is 2.36. The molecular weight excluding hydrogens is 460 g/mol. The smallest absolute Gasteiger partial charge is 0.280 e. The first-order valence-corrected chi connectivity index (χ1v) is 12.2. The number of benzene rings is 4.